The molecule has 2 N–H and O–H groups in total. The van der Waals surface area contributed by atoms with Crippen molar-refractivity contribution in [3.05, 3.63) is 293 Å². The molecule has 0 unspecified atom stereocenters. The molecule has 4 nitrogen and oxygen atoms in total. The molecule has 14 aromatic rings. The molecule has 2 aliphatic rings. The molecular formula is C80H56BBrN2O2. The van der Waals surface area contributed by atoms with Gasteiger partial charge in [0.1, 0.15) is 0 Å². The Kier molecular flexibility index (Phi) is 13.4. The van der Waals surface area contributed by atoms with Crippen molar-refractivity contribution < 1.29 is 10.0 Å². The standard InChI is InChI=1S/C40H27N.C24H17BO2.C16H12BrN/c1-40(2)36-22-25(24-41)18-20-29(36)30-21-19-27(23-37(30)40)38-32-13-5-7-15-34(32)39(35-16-8-6-14-33(35)38)31-17-9-11-26-10-3-4-12-28(26)31;26-25(27)24-21-13-5-3-11-19(21)23(20-12-4-6-14-22(20)24)18-15-7-9-16-8-1-2-10-17(16)18;1-16(2)14-7-10(9-18)3-5-12(14)13-6-4-11(17)8-15(13)16/h3-23H,1-2H3;1-15,26-27H;3-8H,1-2H3. The van der Waals surface area contributed by atoms with Gasteiger partial charge in [0.2, 0.25) is 0 Å². The average Bonchev–Trinajstić information content (AvgIpc) is 2.18. The van der Waals surface area contributed by atoms with E-state index in [4.69, 9.17) is 5.26 Å². The summed E-state index contributed by atoms with van der Waals surface area (Å²) in [6.45, 7) is 8.99. The minimum absolute atomic E-state index is 0.0404. The molecule has 0 fully saturated rings. The lowest BCUT2D eigenvalue weighted by atomic mass is 9.72. The van der Waals surface area contributed by atoms with Gasteiger partial charge in [0.25, 0.3) is 0 Å². The van der Waals surface area contributed by atoms with Crippen molar-refractivity contribution in [1.82, 2.24) is 0 Å². The van der Waals surface area contributed by atoms with Crippen LogP contribution in [0, 0.1) is 22.7 Å². The minimum Gasteiger partial charge on any atom is -0.423 e. The second-order valence-corrected chi connectivity index (χ2v) is 24.5. The highest BCUT2D eigenvalue weighted by Gasteiger charge is 2.37. The molecule has 0 amide bonds. The molecule has 408 valence electrons. The van der Waals surface area contributed by atoms with Crippen LogP contribution in [-0.4, -0.2) is 17.2 Å². The maximum atomic E-state index is 10.1. The summed E-state index contributed by atoms with van der Waals surface area (Å²) in [7, 11) is -1.53. The molecule has 0 bridgehead atoms. The van der Waals surface area contributed by atoms with E-state index in [2.05, 4.69) is 250 Å². The fourth-order valence-corrected chi connectivity index (χ4v) is 14.4. The Morgan fingerprint density at radius 1 is 0.326 bits per heavy atom. The third-order valence-electron chi connectivity index (χ3n) is 18.1. The summed E-state index contributed by atoms with van der Waals surface area (Å²) in [6.07, 6.45) is 0. The van der Waals surface area contributed by atoms with Crippen molar-refractivity contribution >= 4 is 93.1 Å². The van der Waals surface area contributed by atoms with Gasteiger partial charge in [-0.3, -0.25) is 0 Å². The van der Waals surface area contributed by atoms with E-state index in [1.165, 1.54) is 110 Å². The van der Waals surface area contributed by atoms with Crippen molar-refractivity contribution in [3.63, 3.8) is 0 Å². The summed E-state index contributed by atoms with van der Waals surface area (Å²) < 4.78 is 1.10. The Balaban J connectivity index is 0.000000124. The Morgan fingerprint density at radius 2 is 0.651 bits per heavy atom. The van der Waals surface area contributed by atoms with Gasteiger partial charge in [-0.1, -0.05) is 256 Å². The molecule has 0 aliphatic heterocycles. The first-order chi connectivity index (χ1) is 41.8. The van der Waals surface area contributed by atoms with Gasteiger partial charge in [0.15, 0.2) is 0 Å². The fourth-order valence-electron chi connectivity index (χ4n) is 14.1. The smallest absolute Gasteiger partial charge is 0.423 e. The molecule has 2 aliphatic carbocycles. The van der Waals surface area contributed by atoms with Crippen molar-refractivity contribution in [3.8, 4) is 67.8 Å². The second kappa shape index (κ2) is 21.3. The molecule has 0 saturated heterocycles. The van der Waals surface area contributed by atoms with Crippen LogP contribution >= 0.6 is 15.9 Å². The third-order valence-corrected chi connectivity index (χ3v) is 18.6. The van der Waals surface area contributed by atoms with Crippen molar-refractivity contribution in [2.45, 2.75) is 38.5 Å². The number of hydrogen-bond donors (Lipinski definition) is 2. The number of rotatable bonds is 4. The summed E-state index contributed by atoms with van der Waals surface area (Å²) in [5.74, 6) is 0. The molecule has 14 aromatic carbocycles. The number of benzene rings is 14. The first-order valence-electron chi connectivity index (χ1n) is 29.1. The van der Waals surface area contributed by atoms with Gasteiger partial charge in [-0.15, -0.1) is 0 Å². The van der Waals surface area contributed by atoms with Gasteiger partial charge in [0.05, 0.1) is 23.3 Å². The largest absolute Gasteiger partial charge is 0.489 e. The molecule has 0 heterocycles. The van der Waals surface area contributed by atoms with E-state index in [1.54, 1.807) is 0 Å². The zero-order chi connectivity index (χ0) is 59.0. The molecule has 6 heteroatoms. The van der Waals surface area contributed by atoms with Gasteiger partial charge in [-0.2, -0.15) is 10.5 Å². The average molecular weight is 1170 g/mol. The summed E-state index contributed by atoms with van der Waals surface area (Å²) >= 11 is 3.54. The Morgan fingerprint density at radius 3 is 1.07 bits per heavy atom. The number of hydrogen-bond acceptors (Lipinski definition) is 4. The molecular weight excluding hydrogens is 1110 g/mol. The van der Waals surface area contributed by atoms with Crippen molar-refractivity contribution in [1.29, 1.82) is 10.5 Å². The van der Waals surface area contributed by atoms with Crippen LogP contribution in [0.5, 0.6) is 0 Å². The molecule has 0 atom stereocenters. The maximum absolute atomic E-state index is 10.1. The van der Waals surface area contributed by atoms with Gasteiger partial charge in [-0.05, 0) is 190 Å². The zero-order valence-corrected chi connectivity index (χ0v) is 49.6. The van der Waals surface area contributed by atoms with Crippen LogP contribution in [0.3, 0.4) is 0 Å². The minimum atomic E-state index is -1.53. The Bertz CT molecular complexity index is 5090. The lowest BCUT2D eigenvalue weighted by Crippen LogP contribution is -2.31. The van der Waals surface area contributed by atoms with Gasteiger partial charge >= 0.3 is 7.12 Å². The molecule has 0 saturated carbocycles. The molecule has 86 heavy (non-hydrogen) atoms. The first kappa shape index (κ1) is 54.1. The van der Waals surface area contributed by atoms with Gasteiger partial charge in [-0.25, -0.2) is 0 Å². The fraction of sp³-hybridized carbons (Fsp3) is 0.0750. The van der Waals surface area contributed by atoms with E-state index in [-0.39, 0.29) is 10.8 Å². The van der Waals surface area contributed by atoms with Crippen LogP contribution in [0.25, 0.3) is 120 Å². The van der Waals surface area contributed by atoms with E-state index >= 15 is 0 Å². The summed E-state index contributed by atoms with van der Waals surface area (Å²) in [4.78, 5) is 0. The second-order valence-electron chi connectivity index (χ2n) is 23.6. The van der Waals surface area contributed by atoms with Gasteiger partial charge < -0.3 is 10.0 Å². The molecule has 16 rings (SSSR count). The third kappa shape index (κ3) is 8.80. The Hall–Kier alpha value is -9.92. The highest BCUT2D eigenvalue weighted by atomic mass is 79.9. The van der Waals surface area contributed by atoms with Gasteiger partial charge in [0, 0.05) is 15.3 Å². The number of nitriles is 2. The van der Waals surface area contributed by atoms with Crippen LogP contribution in [0.15, 0.2) is 259 Å². The van der Waals surface area contributed by atoms with E-state index in [0.717, 1.165) is 42.7 Å². The highest BCUT2D eigenvalue weighted by molar-refractivity contribution is 9.10. The normalized spacial score (nSPS) is 13.0. The van der Waals surface area contributed by atoms with Crippen molar-refractivity contribution in [2.24, 2.45) is 0 Å². The summed E-state index contributed by atoms with van der Waals surface area (Å²) in [5.41, 5.74) is 19.2. The van der Waals surface area contributed by atoms with Crippen LogP contribution in [0.1, 0.15) is 61.1 Å². The molecule has 0 radical (unpaired) electrons. The number of fused-ring (bicyclic) bond motifs is 12. The topological polar surface area (TPSA) is 88.0 Å². The lowest BCUT2D eigenvalue weighted by Gasteiger charge is -2.23. The van der Waals surface area contributed by atoms with Crippen LogP contribution in [0.2, 0.25) is 0 Å². The predicted octanol–water partition coefficient (Wildman–Crippen LogP) is 19.8. The molecule has 0 aromatic heterocycles. The first-order valence-corrected chi connectivity index (χ1v) is 29.9. The molecule has 0 spiro atoms. The van der Waals surface area contributed by atoms with Crippen LogP contribution in [-0.2, 0) is 10.8 Å². The zero-order valence-electron chi connectivity index (χ0n) is 48.0. The maximum Gasteiger partial charge on any atom is 0.489 e. The lowest BCUT2D eigenvalue weighted by molar-refractivity contribution is 0.426. The monoisotopic (exact) mass is 1170 g/mol. The predicted molar refractivity (Wildman–Crippen MR) is 363 cm³/mol. The van der Waals surface area contributed by atoms with E-state index < -0.39 is 7.12 Å². The van der Waals surface area contributed by atoms with Crippen molar-refractivity contribution in [2.75, 3.05) is 0 Å². The quantitative estimate of drug-likeness (QED) is 0.136. The summed E-state index contributed by atoms with van der Waals surface area (Å²) in [6, 6.07) is 93.7. The number of nitrogens with zero attached hydrogens (tertiary/aromatic N) is 2. The van der Waals surface area contributed by atoms with E-state index in [1.807, 2.05) is 60.7 Å². The SMILES string of the molecule is CC1(C)c2cc(Br)ccc2-c2ccc(C#N)cc21.CC1(C)c2cc(C#N)ccc2-c2ccc(-c3c4ccccc4c(-c4cccc5ccccc45)c4ccccc34)cc21.OB(O)c1c2ccccc2c(-c2cccc3ccccc23)c2ccccc12. The highest BCUT2D eigenvalue weighted by Crippen LogP contribution is 2.53. The van der Waals surface area contributed by atoms with E-state index in [0.29, 0.717) is 11.0 Å². The van der Waals surface area contributed by atoms with Crippen LogP contribution in [0.4, 0.5) is 0 Å². The Labute approximate surface area is 509 Å². The summed E-state index contributed by atoms with van der Waals surface area (Å²) in [5, 5.41) is 52.6. The van der Waals surface area contributed by atoms with E-state index in [9.17, 15) is 15.3 Å². The number of halogens is 1. The van der Waals surface area contributed by atoms with Crippen LogP contribution < -0.4 is 5.46 Å².